The van der Waals surface area contributed by atoms with E-state index in [1.165, 1.54) is 0 Å². The maximum Gasteiger partial charge on any atom is 0.253 e. The molecular weight excluding hydrogens is 418 g/mol. The number of ether oxygens (including phenoxy) is 1. The van der Waals surface area contributed by atoms with Crippen LogP contribution < -0.4 is 10.9 Å². The number of pyridine rings is 2. The van der Waals surface area contributed by atoms with Crippen LogP contribution in [-0.2, 0) is 24.9 Å². The fourth-order valence-corrected chi connectivity index (χ4v) is 4.24. The highest BCUT2D eigenvalue weighted by molar-refractivity contribution is 5.97. The molecule has 172 valence electrons. The molecule has 0 aliphatic carbocycles. The van der Waals surface area contributed by atoms with Gasteiger partial charge < -0.3 is 19.4 Å². The minimum atomic E-state index is -0.267. The van der Waals surface area contributed by atoms with Crippen molar-refractivity contribution in [2.45, 2.75) is 47.0 Å². The van der Waals surface area contributed by atoms with Crippen LogP contribution in [0.15, 0.2) is 47.5 Å². The SMILES string of the molecule is Cc1cc(C)c(CNC(=O)c2cc3cccn3c(C(C)OCc3ccn(C)n3)c2C)c(=O)[nH]1. The monoisotopic (exact) mass is 447 g/mol. The average Bonchev–Trinajstić information content (AvgIpc) is 3.39. The van der Waals surface area contributed by atoms with E-state index in [-0.39, 0.29) is 24.1 Å². The first-order valence-electron chi connectivity index (χ1n) is 10.9. The molecule has 1 amide bonds. The summed E-state index contributed by atoms with van der Waals surface area (Å²) in [5.41, 5.74) is 6.08. The second-order valence-corrected chi connectivity index (χ2v) is 8.43. The molecule has 1 unspecified atom stereocenters. The molecule has 0 aliphatic rings. The minimum Gasteiger partial charge on any atom is -0.366 e. The summed E-state index contributed by atoms with van der Waals surface area (Å²) in [7, 11) is 1.87. The largest absolute Gasteiger partial charge is 0.366 e. The molecule has 0 radical (unpaired) electrons. The molecule has 2 N–H and O–H groups in total. The molecule has 0 spiro atoms. The van der Waals surface area contributed by atoms with Crippen molar-refractivity contribution in [2.24, 2.45) is 7.05 Å². The van der Waals surface area contributed by atoms with Gasteiger partial charge in [0.15, 0.2) is 0 Å². The number of aromatic nitrogens is 4. The molecule has 1 atom stereocenters. The number of H-pyrrole nitrogens is 1. The third kappa shape index (κ3) is 4.61. The van der Waals surface area contributed by atoms with E-state index in [4.69, 9.17) is 4.74 Å². The van der Waals surface area contributed by atoms with E-state index >= 15 is 0 Å². The van der Waals surface area contributed by atoms with E-state index in [1.54, 1.807) is 4.68 Å². The Morgan fingerprint density at radius 2 is 2.00 bits per heavy atom. The molecule has 0 bridgehead atoms. The number of hydrogen-bond acceptors (Lipinski definition) is 4. The summed E-state index contributed by atoms with van der Waals surface area (Å²) in [5, 5.41) is 7.28. The first-order valence-corrected chi connectivity index (χ1v) is 10.9. The Labute approximate surface area is 192 Å². The van der Waals surface area contributed by atoms with Gasteiger partial charge in [-0.25, -0.2) is 0 Å². The van der Waals surface area contributed by atoms with Crippen LogP contribution in [0.4, 0.5) is 0 Å². The second-order valence-electron chi connectivity index (χ2n) is 8.43. The van der Waals surface area contributed by atoms with E-state index in [0.717, 1.165) is 33.7 Å². The quantitative estimate of drug-likeness (QED) is 0.454. The highest BCUT2D eigenvalue weighted by atomic mass is 16.5. The molecule has 8 heteroatoms. The van der Waals surface area contributed by atoms with Crippen LogP contribution in [0.3, 0.4) is 0 Å². The van der Waals surface area contributed by atoms with Crippen molar-refractivity contribution in [3.63, 3.8) is 0 Å². The van der Waals surface area contributed by atoms with E-state index < -0.39 is 0 Å². The van der Waals surface area contributed by atoms with Gasteiger partial charge in [-0.05, 0) is 69.2 Å². The average molecular weight is 448 g/mol. The Morgan fingerprint density at radius 1 is 1.21 bits per heavy atom. The van der Waals surface area contributed by atoms with Crippen molar-refractivity contribution in [3.05, 3.63) is 92.4 Å². The van der Waals surface area contributed by atoms with Gasteiger partial charge in [-0.2, -0.15) is 5.10 Å². The maximum atomic E-state index is 13.2. The summed E-state index contributed by atoms with van der Waals surface area (Å²) in [4.78, 5) is 28.3. The number of rotatable bonds is 7. The number of fused-ring (bicyclic) bond motifs is 1. The van der Waals surface area contributed by atoms with Gasteiger partial charge in [0.2, 0.25) is 0 Å². The Bertz CT molecular complexity index is 1380. The summed E-state index contributed by atoms with van der Waals surface area (Å²) in [6.07, 6.45) is 3.58. The van der Waals surface area contributed by atoms with Crippen LogP contribution in [0.1, 0.15) is 57.2 Å². The Morgan fingerprint density at radius 3 is 2.70 bits per heavy atom. The zero-order valence-corrected chi connectivity index (χ0v) is 19.6. The zero-order chi connectivity index (χ0) is 23.7. The smallest absolute Gasteiger partial charge is 0.253 e. The molecule has 33 heavy (non-hydrogen) atoms. The van der Waals surface area contributed by atoms with Gasteiger partial charge in [-0.1, -0.05) is 0 Å². The summed E-state index contributed by atoms with van der Waals surface area (Å²) in [5.74, 6) is -0.228. The van der Waals surface area contributed by atoms with Gasteiger partial charge >= 0.3 is 0 Å². The Kier molecular flexibility index (Phi) is 6.20. The lowest BCUT2D eigenvalue weighted by molar-refractivity contribution is 0.0463. The summed E-state index contributed by atoms with van der Waals surface area (Å²) >= 11 is 0. The molecule has 4 rings (SSSR count). The van der Waals surface area contributed by atoms with Crippen LogP contribution in [0.25, 0.3) is 5.52 Å². The lowest BCUT2D eigenvalue weighted by atomic mass is 10.0. The summed E-state index contributed by atoms with van der Waals surface area (Å²) in [6.45, 7) is 8.14. The standard InChI is InChI=1S/C25H29N5O3/c1-15-11-16(2)27-25(32)22(15)13-26-24(31)21-12-20-7-6-9-30(20)23(17(21)3)18(4)33-14-19-8-10-29(5)28-19/h6-12,18H,13-14H2,1-5H3,(H,26,31)(H,27,32). The third-order valence-electron chi connectivity index (χ3n) is 5.92. The van der Waals surface area contributed by atoms with Crippen molar-refractivity contribution in [2.75, 3.05) is 0 Å². The molecule has 0 fully saturated rings. The van der Waals surface area contributed by atoms with E-state index in [2.05, 4.69) is 15.4 Å². The van der Waals surface area contributed by atoms with Crippen molar-refractivity contribution < 1.29 is 9.53 Å². The van der Waals surface area contributed by atoms with E-state index in [1.807, 2.05) is 81.9 Å². The van der Waals surface area contributed by atoms with E-state index in [0.29, 0.717) is 17.7 Å². The highest BCUT2D eigenvalue weighted by Crippen LogP contribution is 2.27. The van der Waals surface area contributed by atoms with Gasteiger partial charge in [-0.15, -0.1) is 0 Å². The fourth-order valence-electron chi connectivity index (χ4n) is 4.24. The lowest BCUT2D eigenvalue weighted by Crippen LogP contribution is -2.29. The zero-order valence-electron chi connectivity index (χ0n) is 19.6. The number of aromatic amines is 1. The molecule has 0 aliphatic heterocycles. The van der Waals surface area contributed by atoms with Crippen LogP contribution in [0.2, 0.25) is 0 Å². The van der Waals surface area contributed by atoms with Crippen molar-refractivity contribution in [1.29, 1.82) is 0 Å². The number of aryl methyl sites for hydroxylation is 3. The summed E-state index contributed by atoms with van der Waals surface area (Å²) in [6, 6.07) is 9.59. The Hall–Kier alpha value is -3.65. The van der Waals surface area contributed by atoms with Gasteiger partial charge in [-0.3, -0.25) is 14.3 Å². The molecule has 8 nitrogen and oxygen atoms in total. The van der Waals surface area contributed by atoms with E-state index in [9.17, 15) is 9.59 Å². The Balaban J connectivity index is 1.60. The van der Waals surface area contributed by atoms with Crippen molar-refractivity contribution in [1.82, 2.24) is 24.5 Å². The number of carbonyl (C=O) groups is 1. The lowest BCUT2D eigenvalue weighted by Gasteiger charge is -2.20. The van der Waals surface area contributed by atoms with Gasteiger partial charge in [0.1, 0.15) is 0 Å². The van der Waals surface area contributed by atoms with Gasteiger partial charge in [0.05, 0.1) is 24.1 Å². The molecule has 0 aromatic carbocycles. The fraction of sp³-hybridized carbons (Fsp3) is 0.320. The molecule has 0 saturated heterocycles. The molecular formula is C25H29N5O3. The van der Waals surface area contributed by atoms with Crippen LogP contribution in [0.5, 0.6) is 0 Å². The summed E-state index contributed by atoms with van der Waals surface area (Å²) < 4.78 is 9.90. The van der Waals surface area contributed by atoms with Crippen molar-refractivity contribution in [3.8, 4) is 0 Å². The number of amides is 1. The predicted octanol–water partition coefficient (Wildman–Crippen LogP) is 3.49. The van der Waals surface area contributed by atoms with Crippen LogP contribution in [-0.4, -0.2) is 25.1 Å². The normalized spacial score (nSPS) is 12.3. The van der Waals surface area contributed by atoms with Gasteiger partial charge in [0, 0.05) is 48.3 Å². The second kappa shape index (κ2) is 9.07. The van der Waals surface area contributed by atoms with Crippen molar-refractivity contribution >= 4 is 11.4 Å². The van der Waals surface area contributed by atoms with Crippen LogP contribution in [0, 0.1) is 20.8 Å². The number of nitrogens with zero attached hydrogens (tertiary/aromatic N) is 3. The number of nitrogens with one attached hydrogen (secondary N) is 2. The minimum absolute atomic E-state index is 0.160. The van der Waals surface area contributed by atoms with Crippen LogP contribution >= 0.6 is 0 Å². The first-order chi connectivity index (χ1) is 15.7. The topological polar surface area (TPSA) is 93.4 Å². The molecule has 0 saturated carbocycles. The molecule has 4 heterocycles. The number of hydrogen-bond donors (Lipinski definition) is 2. The molecule has 4 aromatic rings. The highest BCUT2D eigenvalue weighted by Gasteiger charge is 2.20. The maximum absolute atomic E-state index is 13.2. The third-order valence-corrected chi connectivity index (χ3v) is 5.92. The first kappa shape index (κ1) is 22.5. The predicted molar refractivity (Wildman–Crippen MR) is 126 cm³/mol. The van der Waals surface area contributed by atoms with Gasteiger partial charge in [0.25, 0.3) is 11.5 Å². The molecule has 4 aromatic heterocycles. The number of carbonyl (C=O) groups excluding carboxylic acids is 1.